The summed E-state index contributed by atoms with van der Waals surface area (Å²) in [6.07, 6.45) is 2.70. The van der Waals surface area contributed by atoms with E-state index >= 15 is 0 Å². The number of hydrogen-bond donors (Lipinski definition) is 0. The molecule has 0 aliphatic carbocycles. The van der Waals surface area contributed by atoms with Gasteiger partial charge >= 0.3 is 0 Å². The van der Waals surface area contributed by atoms with Gasteiger partial charge in [0.05, 0.1) is 4.91 Å². The number of carbonyl (C=O) groups is 1. The van der Waals surface area contributed by atoms with Gasteiger partial charge in [-0.15, -0.1) is 0 Å². The van der Waals surface area contributed by atoms with E-state index in [-0.39, 0.29) is 5.91 Å². The molecule has 1 aromatic carbocycles. The van der Waals surface area contributed by atoms with E-state index in [9.17, 15) is 4.79 Å². The molecule has 2 rings (SSSR count). The molecule has 0 radical (unpaired) electrons. The van der Waals surface area contributed by atoms with E-state index < -0.39 is 0 Å². The number of thioether (sulfide) groups is 1. The molecular weight excluding hydrogens is 290 g/mol. The second kappa shape index (κ2) is 7.02. The summed E-state index contributed by atoms with van der Waals surface area (Å²) in [7, 11) is 1.65. The number of hydrogen-bond acceptors (Lipinski definition) is 4. The summed E-state index contributed by atoms with van der Waals surface area (Å²) in [6.45, 7) is 3.28. The molecule has 1 aliphatic rings. The van der Waals surface area contributed by atoms with Crippen molar-refractivity contribution in [2.45, 2.75) is 13.3 Å². The van der Waals surface area contributed by atoms with Crippen LogP contribution in [0.2, 0.25) is 0 Å². The minimum Gasteiger partial charge on any atom is -0.385 e. The molecule has 1 aromatic rings. The summed E-state index contributed by atoms with van der Waals surface area (Å²) < 4.78 is 5.63. The highest BCUT2D eigenvalue weighted by atomic mass is 32.2. The lowest BCUT2D eigenvalue weighted by molar-refractivity contribution is -0.122. The van der Waals surface area contributed by atoms with Crippen LogP contribution in [0.5, 0.6) is 0 Å². The molecular formula is C15H17NO2S2. The average molecular weight is 307 g/mol. The molecule has 0 aromatic heterocycles. The highest BCUT2D eigenvalue weighted by Gasteiger charge is 2.31. The number of aryl methyl sites for hydroxylation is 1. The van der Waals surface area contributed by atoms with E-state index in [2.05, 4.69) is 6.07 Å². The Morgan fingerprint density at radius 2 is 2.25 bits per heavy atom. The Hall–Kier alpha value is -1.17. The number of rotatable bonds is 5. The maximum absolute atomic E-state index is 12.3. The van der Waals surface area contributed by atoms with E-state index in [1.54, 1.807) is 12.0 Å². The Bertz CT molecular complexity index is 555. The fraction of sp³-hybridized carbons (Fsp3) is 0.333. The number of benzene rings is 1. The van der Waals surface area contributed by atoms with Gasteiger partial charge in [-0.05, 0) is 25.0 Å². The van der Waals surface area contributed by atoms with Crippen molar-refractivity contribution in [1.82, 2.24) is 4.90 Å². The highest BCUT2D eigenvalue weighted by molar-refractivity contribution is 8.26. The Kier molecular flexibility index (Phi) is 5.34. The van der Waals surface area contributed by atoms with Crippen LogP contribution in [0.1, 0.15) is 17.5 Å². The first-order valence-corrected chi connectivity index (χ1v) is 7.65. The quantitative estimate of drug-likeness (QED) is 0.474. The molecule has 0 unspecified atom stereocenters. The van der Waals surface area contributed by atoms with Crippen LogP contribution in [0.15, 0.2) is 29.2 Å². The van der Waals surface area contributed by atoms with Crippen molar-refractivity contribution in [3.8, 4) is 0 Å². The van der Waals surface area contributed by atoms with E-state index in [1.165, 1.54) is 17.3 Å². The molecule has 20 heavy (non-hydrogen) atoms. The summed E-state index contributed by atoms with van der Waals surface area (Å²) in [5, 5.41) is 0. The Morgan fingerprint density at radius 1 is 1.45 bits per heavy atom. The number of ether oxygens (including phenoxy) is 1. The lowest BCUT2D eigenvalue weighted by atomic mass is 10.1. The van der Waals surface area contributed by atoms with Gasteiger partial charge in [-0.2, -0.15) is 0 Å². The topological polar surface area (TPSA) is 29.5 Å². The largest absolute Gasteiger partial charge is 0.385 e. The summed E-state index contributed by atoms with van der Waals surface area (Å²) >= 11 is 6.64. The fourth-order valence-electron chi connectivity index (χ4n) is 1.97. The third kappa shape index (κ3) is 3.69. The first-order chi connectivity index (χ1) is 9.61. The van der Waals surface area contributed by atoms with Crippen LogP contribution in [0.3, 0.4) is 0 Å². The monoisotopic (exact) mass is 307 g/mol. The zero-order chi connectivity index (χ0) is 14.5. The van der Waals surface area contributed by atoms with Crippen molar-refractivity contribution >= 4 is 40.3 Å². The lowest BCUT2D eigenvalue weighted by Gasteiger charge is -2.13. The maximum Gasteiger partial charge on any atom is 0.266 e. The summed E-state index contributed by atoms with van der Waals surface area (Å²) in [4.78, 5) is 14.7. The van der Waals surface area contributed by atoms with Gasteiger partial charge in [0.1, 0.15) is 4.32 Å². The molecule has 3 nitrogen and oxygen atoms in total. The summed E-state index contributed by atoms with van der Waals surface area (Å²) in [5.74, 6) is -0.00221. The normalized spacial score (nSPS) is 17.3. The van der Waals surface area contributed by atoms with Gasteiger partial charge in [0.15, 0.2) is 0 Å². The minimum absolute atomic E-state index is 0.00221. The van der Waals surface area contributed by atoms with E-state index in [1.807, 2.05) is 31.2 Å². The number of nitrogens with zero attached hydrogens (tertiary/aromatic N) is 1. The zero-order valence-electron chi connectivity index (χ0n) is 11.6. The van der Waals surface area contributed by atoms with E-state index in [0.29, 0.717) is 22.4 Å². The van der Waals surface area contributed by atoms with Crippen molar-refractivity contribution in [3.63, 3.8) is 0 Å². The van der Waals surface area contributed by atoms with Crippen LogP contribution in [-0.4, -0.2) is 35.4 Å². The molecule has 1 heterocycles. The van der Waals surface area contributed by atoms with Crippen molar-refractivity contribution < 1.29 is 9.53 Å². The number of thiocarbonyl (C=S) groups is 1. The van der Waals surface area contributed by atoms with Crippen molar-refractivity contribution in [3.05, 3.63) is 40.3 Å². The number of amides is 1. The fourth-order valence-corrected chi connectivity index (χ4v) is 3.28. The van der Waals surface area contributed by atoms with Gasteiger partial charge in [-0.25, -0.2) is 0 Å². The first-order valence-electron chi connectivity index (χ1n) is 6.43. The second-order valence-corrected chi connectivity index (χ2v) is 6.27. The van der Waals surface area contributed by atoms with Gasteiger partial charge < -0.3 is 4.74 Å². The van der Waals surface area contributed by atoms with Crippen molar-refractivity contribution in [2.24, 2.45) is 0 Å². The Labute approximate surface area is 129 Å². The predicted octanol–water partition coefficient (Wildman–Crippen LogP) is 3.23. The Morgan fingerprint density at radius 3 is 2.95 bits per heavy atom. The molecule has 5 heteroatoms. The zero-order valence-corrected chi connectivity index (χ0v) is 13.2. The maximum atomic E-state index is 12.3. The van der Waals surface area contributed by atoms with Crippen LogP contribution in [0, 0.1) is 6.92 Å². The summed E-state index contributed by atoms with van der Waals surface area (Å²) in [6, 6.07) is 8.07. The van der Waals surface area contributed by atoms with Crippen molar-refractivity contribution in [2.75, 3.05) is 20.3 Å². The van der Waals surface area contributed by atoms with Crippen molar-refractivity contribution in [1.29, 1.82) is 0 Å². The van der Waals surface area contributed by atoms with Gasteiger partial charge in [-0.3, -0.25) is 9.69 Å². The smallest absolute Gasteiger partial charge is 0.266 e. The molecule has 1 saturated heterocycles. The molecule has 0 spiro atoms. The average Bonchev–Trinajstić information content (AvgIpc) is 2.66. The molecule has 0 bridgehead atoms. The molecule has 0 saturated carbocycles. The van der Waals surface area contributed by atoms with Gasteiger partial charge in [-0.1, -0.05) is 53.8 Å². The van der Waals surface area contributed by atoms with Crippen LogP contribution in [0.4, 0.5) is 0 Å². The SMILES string of the molecule is COCCCN1C(=O)/C(=C/c2cccc(C)c2)SC1=S. The standard InChI is InChI=1S/C15H17NO2S2/c1-11-5-3-6-12(9-11)10-13-14(17)16(15(19)20-13)7-4-8-18-2/h3,5-6,9-10H,4,7-8H2,1-2H3/b13-10-. The molecule has 1 amide bonds. The van der Waals surface area contributed by atoms with Gasteiger partial charge in [0.25, 0.3) is 5.91 Å². The predicted molar refractivity (Wildman–Crippen MR) is 87.6 cm³/mol. The van der Waals surface area contributed by atoms with Crippen LogP contribution in [-0.2, 0) is 9.53 Å². The van der Waals surface area contributed by atoms with Crippen LogP contribution < -0.4 is 0 Å². The van der Waals surface area contributed by atoms with Crippen LogP contribution >= 0.6 is 24.0 Å². The number of methoxy groups -OCH3 is 1. The lowest BCUT2D eigenvalue weighted by Crippen LogP contribution is -2.29. The highest BCUT2D eigenvalue weighted by Crippen LogP contribution is 2.32. The Balaban J connectivity index is 2.11. The van der Waals surface area contributed by atoms with Gasteiger partial charge in [0, 0.05) is 20.3 Å². The first kappa shape index (κ1) is 15.2. The molecule has 0 N–H and O–H groups in total. The third-order valence-electron chi connectivity index (χ3n) is 2.94. The summed E-state index contributed by atoms with van der Waals surface area (Å²) in [5.41, 5.74) is 2.21. The molecule has 1 fully saturated rings. The number of carbonyl (C=O) groups excluding carboxylic acids is 1. The third-order valence-corrected chi connectivity index (χ3v) is 4.32. The van der Waals surface area contributed by atoms with Crippen LogP contribution in [0.25, 0.3) is 6.08 Å². The van der Waals surface area contributed by atoms with Gasteiger partial charge in [0.2, 0.25) is 0 Å². The molecule has 1 aliphatic heterocycles. The molecule has 0 atom stereocenters. The minimum atomic E-state index is -0.00221. The van der Waals surface area contributed by atoms with E-state index in [4.69, 9.17) is 17.0 Å². The van der Waals surface area contributed by atoms with E-state index in [0.717, 1.165) is 12.0 Å². The second-order valence-electron chi connectivity index (χ2n) is 4.59. The molecule has 106 valence electrons.